The van der Waals surface area contributed by atoms with Gasteiger partial charge in [0.25, 0.3) is 0 Å². The van der Waals surface area contributed by atoms with E-state index in [2.05, 4.69) is 91.5 Å². The van der Waals surface area contributed by atoms with Crippen LogP contribution in [0.15, 0.2) is 121 Å². The molecule has 3 aliphatic rings. The van der Waals surface area contributed by atoms with Crippen LogP contribution in [0.2, 0.25) is 0 Å². The van der Waals surface area contributed by atoms with E-state index in [4.69, 9.17) is 0 Å². The van der Waals surface area contributed by atoms with Gasteiger partial charge < -0.3 is 4.90 Å². The largest absolute Gasteiger partial charge is 0.309 e. The number of para-hydroxylation sites is 1. The molecule has 1 aliphatic heterocycles. The van der Waals surface area contributed by atoms with E-state index in [1.807, 2.05) is 42.5 Å². The van der Waals surface area contributed by atoms with Crippen molar-refractivity contribution in [3.05, 3.63) is 154 Å². The maximum Gasteiger partial charge on any atom is 0.197 e. The summed E-state index contributed by atoms with van der Waals surface area (Å²) < 4.78 is 0. The highest BCUT2D eigenvalue weighted by Crippen LogP contribution is 2.54. The number of hydrogen-bond donors (Lipinski definition) is 0. The first-order valence-electron chi connectivity index (χ1n) is 17.3. The number of allylic oxidation sites excluding steroid dienone is 1. The van der Waals surface area contributed by atoms with Gasteiger partial charge in [-0.25, -0.2) is 0 Å². The average molecular weight is 624 g/mol. The van der Waals surface area contributed by atoms with Crippen molar-refractivity contribution in [2.75, 3.05) is 4.90 Å². The molecule has 9 rings (SSSR count). The van der Waals surface area contributed by atoms with Gasteiger partial charge in [-0.1, -0.05) is 112 Å². The molecule has 0 radical (unpaired) electrons. The van der Waals surface area contributed by atoms with Gasteiger partial charge >= 0.3 is 0 Å². The van der Waals surface area contributed by atoms with Gasteiger partial charge in [-0.15, -0.1) is 0 Å². The van der Waals surface area contributed by atoms with Gasteiger partial charge in [-0.05, 0) is 99.6 Å². The highest BCUT2D eigenvalue weighted by Gasteiger charge is 2.38. The molecule has 1 fully saturated rings. The second-order valence-corrected chi connectivity index (χ2v) is 14.3. The third kappa shape index (κ3) is 4.41. The lowest BCUT2D eigenvalue weighted by atomic mass is 9.72. The van der Waals surface area contributed by atoms with Crippen LogP contribution in [0.3, 0.4) is 0 Å². The molecular weight excluding hydrogens is 587 g/mol. The van der Waals surface area contributed by atoms with Crippen LogP contribution >= 0.6 is 0 Å². The Labute approximate surface area is 281 Å². The predicted molar refractivity (Wildman–Crippen MR) is 197 cm³/mol. The Bertz CT molecular complexity index is 2280. The minimum absolute atomic E-state index is 0.197. The maximum absolute atomic E-state index is 13.5. The molecule has 3 nitrogen and oxygen atoms in total. The Morgan fingerprint density at radius 3 is 2.02 bits per heavy atom. The second-order valence-electron chi connectivity index (χ2n) is 14.3. The number of hydrogen-bond acceptors (Lipinski definition) is 3. The lowest BCUT2D eigenvalue weighted by Gasteiger charge is -2.42. The summed E-state index contributed by atoms with van der Waals surface area (Å²) >= 11 is 0. The fourth-order valence-electron chi connectivity index (χ4n) is 8.54. The zero-order valence-electron chi connectivity index (χ0n) is 27.4. The summed E-state index contributed by atoms with van der Waals surface area (Å²) in [4.78, 5) is 29.5. The molecular formula is C45H37NO2. The molecule has 48 heavy (non-hydrogen) atoms. The van der Waals surface area contributed by atoms with Crippen molar-refractivity contribution in [2.24, 2.45) is 0 Å². The number of nitrogens with zero attached hydrogens (tertiary/aromatic N) is 1. The molecule has 3 heteroatoms. The minimum Gasteiger partial charge on any atom is -0.309 e. The normalized spacial score (nSPS) is 17.0. The van der Waals surface area contributed by atoms with Crippen LogP contribution in [0, 0.1) is 0 Å². The van der Waals surface area contributed by atoms with Gasteiger partial charge in [0.15, 0.2) is 11.6 Å². The average Bonchev–Trinajstić information content (AvgIpc) is 3.35. The number of benzene rings is 6. The van der Waals surface area contributed by atoms with Crippen LogP contribution < -0.4 is 4.90 Å². The molecule has 1 saturated carbocycles. The molecule has 0 saturated heterocycles. The lowest BCUT2D eigenvalue weighted by Crippen LogP contribution is -2.30. The summed E-state index contributed by atoms with van der Waals surface area (Å²) in [7, 11) is 0. The molecule has 0 bridgehead atoms. The molecule has 234 valence electrons. The van der Waals surface area contributed by atoms with E-state index < -0.39 is 0 Å². The van der Waals surface area contributed by atoms with Crippen LogP contribution in [0.25, 0.3) is 27.6 Å². The van der Waals surface area contributed by atoms with Crippen LogP contribution in [0.1, 0.15) is 94.8 Å². The van der Waals surface area contributed by atoms with Gasteiger partial charge in [-0.3, -0.25) is 9.59 Å². The maximum atomic E-state index is 13.5. The van der Waals surface area contributed by atoms with Crippen molar-refractivity contribution in [3.8, 4) is 0 Å². The number of carbonyl (C=O) groups excluding carboxylic acids is 2. The van der Waals surface area contributed by atoms with Crippen LogP contribution in [0.4, 0.5) is 17.1 Å². The van der Waals surface area contributed by atoms with Gasteiger partial charge in [0.2, 0.25) is 0 Å². The van der Waals surface area contributed by atoms with E-state index in [1.165, 1.54) is 60.2 Å². The molecule has 0 atom stereocenters. The van der Waals surface area contributed by atoms with E-state index in [0.717, 1.165) is 32.8 Å². The van der Waals surface area contributed by atoms with Crippen molar-refractivity contribution in [2.45, 2.75) is 57.3 Å². The molecule has 6 aromatic rings. The first kappa shape index (κ1) is 28.9. The van der Waals surface area contributed by atoms with E-state index in [-0.39, 0.29) is 22.6 Å². The van der Waals surface area contributed by atoms with Crippen molar-refractivity contribution in [3.63, 3.8) is 0 Å². The molecule has 1 heterocycles. The van der Waals surface area contributed by atoms with Crippen molar-refractivity contribution in [1.82, 2.24) is 0 Å². The predicted octanol–water partition coefficient (Wildman–Crippen LogP) is 11.6. The number of anilines is 3. The second kappa shape index (κ2) is 10.9. The molecule has 0 N–H and O–H groups in total. The van der Waals surface area contributed by atoms with Crippen LogP contribution in [0.5, 0.6) is 0 Å². The first-order valence-corrected chi connectivity index (χ1v) is 17.3. The summed E-state index contributed by atoms with van der Waals surface area (Å²) in [6, 6.07) is 40.4. The fraction of sp³-hybridized carbons (Fsp3) is 0.200. The van der Waals surface area contributed by atoms with E-state index in [0.29, 0.717) is 17.0 Å². The summed E-state index contributed by atoms with van der Waals surface area (Å²) in [5.74, 6) is 0.256. The summed E-state index contributed by atoms with van der Waals surface area (Å²) in [6.45, 7) is 4.63. The monoisotopic (exact) mass is 623 g/mol. The highest BCUT2D eigenvalue weighted by atomic mass is 16.2. The third-order valence-electron chi connectivity index (χ3n) is 11.1. The number of Topliss-reactive ketones (excluding diaryl/α,β-unsaturated/α-hetero) is 2. The smallest absolute Gasteiger partial charge is 0.197 e. The first-order chi connectivity index (χ1) is 23.4. The summed E-state index contributed by atoms with van der Waals surface area (Å²) in [5.41, 5.74) is 9.44. The quantitative estimate of drug-likeness (QED) is 0.145. The van der Waals surface area contributed by atoms with Gasteiger partial charge in [-0.2, -0.15) is 0 Å². The number of carbonyl (C=O) groups is 2. The van der Waals surface area contributed by atoms with Gasteiger partial charge in [0.1, 0.15) is 0 Å². The number of ketones is 2. The number of rotatable bonds is 3. The van der Waals surface area contributed by atoms with E-state index in [1.54, 1.807) is 6.08 Å². The SMILES string of the molecule is CC1(C)c2ccccc2N(c2ccc(C3CCCCC3)cc2)c2c1ccc1cc(C=C3C(=O)c4cc5ccccc5cc4C3=O)ccc21. The van der Waals surface area contributed by atoms with Crippen molar-refractivity contribution in [1.29, 1.82) is 0 Å². The van der Waals surface area contributed by atoms with Crippen LogP contribution in [-0.4, -0.2) is 11.6 Å². The number of fused-ring (bicyclic) bond motifs is 6. The Kier molecular flexibility index (Phi) is 6.55. The zero-order valence-corrected chi connectivity index (χ0v) is 27.4. The Balaban J connectivity index is 1.15. The topological polar surface area (TPSA) is 37.4 Å². The van der Waals surface area contributed by atoms with Crippen molar-refractivity contribution >= 4 is 56.2 Å². The Morgan fingerprint density at radius 2 is 1.31 bits per heavy atom. The Morgan fingerprint density at radius 1 is 0.646 bits per heavy atom. The third-order valence-corrected chi connectivity index (χ3v) is 11.1. The summed E-state index contributed by atoms with van der Waals surface area (Å²) in [6.07, 6.45) is 8.35. The molecule has 2 aliphatic carbocycles. The lowest BCUT2D eigenvalue weighted by molar-refractivity contribution is 0.0990. The molecule has 0 aromatic heterocycles. The summed E-state index contributed by atoms with van der Waals surface area (Å²) in [5, 5.41) is 4.15. The van der Waals surface area contributed by atoms with Crippen molar-refractivity contribution < 1.29 is 9.59 Å². The molecule has 0 unspecified atom stereocenters. The molecule has 0 spiro atoms. The van der Waals surface area contributed by atoms with Gasteiger partial charge in [0.05, 0.1) is 16.9 Å². The molecule has 0 amide bonds. The van der Waals surface area contributed by atoms with E-state index in [9.17, 15) is 9.59 Å². The zero-order chi connectivity index (χ0) is 32.6. The highest BCUT2D eigenvalue weighted by molar-refractivity contribution is 6.42. The molecule has 6 aromatic carbocycles. The van der Waals surface area contributed by atoms with Gasteiger partial charge in [0, 0.05) is 27.6 Å². The Hall–Kier alpha value is -5.28. The van der Waals surface area contributed by atoms with E-state index >= 15 is 0 Å². The fourth-order valence-corrected chi connectivity index (χ4v) is 8.54. The minimum atomic E-state index is -0.201. The van der Waals surface area contributed by atoms with Crippen LogP contribution in [-0.2, 0) is 5.41 Å². The standard InChI is InChI=1S/C45H37NO2/c1-45(2)39-14-8-9-15-41(39)46(34-20-17-30(18-21-34)29-10-4-3-5-11-29)42-35-22-16-28(24-33(35)19-23-40(42)45)25-38-43(47)36-26-31-12-6-7-13-32(31)27-37(36)44(38)48/h6-9,12-27,29H,3-5,10-11H2,1-2H3.